The van der Waals surface area contributed by atoms with Crippen molar-refractivity contribution in [1.82, 2.24) is 5.32 Å². The number of thioether (sulfide) groups is 1. The highest BCUT2D eigenvalue weighted by molar-refractivity contribution is 8.00. The van der Waals surface area contributed by atoms with Crippen molar-refractivity contribution in [2.24, 2.45) is 0 Å². The maximum Gasteiger partial charge on any atom is 0.253 e. The van der Waals surface area contributed by atoms with Crippen molar-refractivity contribution in [2.75, 3.05) is 24.7 Å². The summed E-state index contributed by atoms with van der Waals surface area (Å²) >= 11 is 1.96. The van der Waals surface area contributed by atoms with Crippen LogP contribution in [0.5, 0.6) is 0 Å². The van der Waals surface area contributed by atoms with E-state index in [1.165, 1.54) is 18.6 Å². The molecule has 0 aliphatic carbocycles. The molecule has 1 heterocycles. The van der Waals surface area contributed by atoms with Gasteiger partial charge in [-0.3, -0.25) is 4.79 Å². The van der Waals surface area contributed by atoms with E-state index in [0.717, 1.165) is 12.2 Å². The Morgan fingerprint density at radius 2 is 2.22 bits per heavy atom. The first kappa shape index (κ1) is 13.3. The lowest BCUT2D eigenvalue weighted by Crippen LogP contribution is -2.36. The first-order chi connectivity index (χ1) is 8.64. The van der Waals surface area contributed by atoms with Crippen molar-refractivity contribution < 1.29 is 4.79 Å². The summed E-state index contributed by atoms with van der Waals surface area (Å²) in [6.45, 7) is 2.98. The number of amides is 1. The molecule has 1 aliphatic rings. The molecule has 2 N–H and O–H groups in total. The molecule has 1 saturated heterocycles. The molecular formula is C14H20N2OS. The van der Waals surface area contributed by atoms with Crippen LogP contribution in [-0.2, 0) is 0 Å². The van der Waals surface area contributed by atoms with Crippen molar-refractivity contribution in [1.29, 1.82) is 0 Å². The van der Waals surface area contributed by atoms with Crippen LogP contribution >= 0.6 is 11.8 Å². The molecule has 0 saturated carbocycles. The average Bonchev–Trinajstić information content (AvgIpc) is 2.83. The van der Waals surface area contributed by atoms with Crippen LogP contribution < -0.4 is 10.6 Å². The highest BCUT2D eigenvalue weighted by atomic mass is 32.2. The van der Waals surface area contributed by atoms with Gasteiger partial charge in [-0.1, -0.05) is 12.1 Å². The number of hydrogen-bond acceptors (Lipinski definition) is 3. The summed E-state index contributed by atoms with van der Waals surface area (Å²) in [6.07, 6.45) is 2.44. The van der Waals surface area contributed by atoms with Gasteiger partial charge in [0.25, 0.3) is 5.91 Å². The van der Waals surface area contributed by atoms with E-state index in [9.17, 15) is 4.79 Å². The van der Waals surface area contributed by atoms with Gasteiger partial charge in [0.1, 0.15) is 0 Å². The fourth-order valence-corrected chi connectivity index (χ4v) is 3.48. The van der Waals surface area contributed by atoms with Crippen LogP contribution in [0.4, 0.5) is 5.69 Å². The monoisotopic (exact) mass is 264 g/mol. The van der Waals surface area contributed by atoms with Gasteiger partial charge in [0.2, 0.25) is 0 Å². The molecular weight excluding hydrogens is 244 g/mol. The summed E-state index contributed by atoms with van der Waals surface area (Å²) in [5, 5.41) is 6.10. The van der Waals surface area contributed by atoms with Gasteiger partial charge in [-0.15, -0.1) is 0 Å². The Kier molecular flexibility index (Phi) is 4.17. The topological polar surface area (TPSA) is 41.1 Å². The number of benzene rings is 1. The lowest BCUT2D eigenvalue weighted by atomic mass is 10.1. The van der Waals surface area contributed by atoms with Crippen LogP contribution in [0, 0.1) is 0 Å². The number of hydrogen-bond donors (Lipinski definition) is 2. The fraction of sp³-hybridized carbons (Fsp3) is 0.500. The average molecular weight is 264 g/mol. The maximum atomic E-state index is 12.2. The third-order valence-electron chi connectivity index (χ3n) is 3.36. The molecule has 1 unspecified atom stereocenters. The van der Waals surface area contributed by atoms with Crippen molar-refractivity contribution >= 4 is 23.4 Å². The van der Waals surface area contributed by atoms with E-state index in [-0.39, 0.29) is 10.7 Å². The van der Waals surface area contributed by atoms with Gasteiger partial charge in [-0.05, 0) is 37.7 Å². The normalized spacial score (nSPS) is 22.8. The minimum Gasteiger partial charge on any atom is -0.387 e. The summed E-state index contributed by atoms with van der Waals surface area (Å²) in [7, 11) is 1.83. The first-order valence-electron chi connectivity index (χ1n) is 6.33. The molecule has 4 heteroatoms. The van der Waals surface area contributed by atoms with Crippen LogP contribution in [0.25, 0.3) is 0 Å². The summed E-state index contributed by atoms with van der Waals surface area (Å²) < 4.78 is 0.213. The second-order valence-corrected chi connectivity index (χ2v) is 6.56. The minimum absolute atomic E-state index is 0.00803. The van der Waals surface area contributed by atoms with E-state index in [1.54, 1.807) is 0 Å². The smallest absolute Gasteiger partial charge is 0.253 e. The Morgan fingerprint density at radius 1 is 1.44 bits per heavy atom. The molecule has 3 nitrogen and oxygen atoms in total. The third-order valence-corrected chi connectivity index (χ3v) is 4.90. The number of carbonyl (C=O) groups excluding carboxylic acids is 1. The zero-order valence-corrected chi connectivity index (χ0v) is 11.8. The molecule has 0 spiro atoms. The molecule has 0 bridgehead atoms. The van der Waals surface area contributed by atoms with Gasteiger partial charge in [0.15, 0.2) is 0 Å². The van der Waals surface area contributed by atoms with Gasteiger partial charge in [-0.25, -0.2) is 0 Å². The van der Waals surface area contributed by atoms with Gasteiger partial charge in [-0.2, -0.15) is 11.8 Å². The quantitative estimate of drug-likeness (QED) is 0.878. The van der Waals surface area contributed by atoms with Crippen molar-refractivity contribution in [3.63, 3.8) is 0 Å². The Bertz CT molecular complexity index is 428. The molecule has 18 heavy (non-hydrogen) atoms. The van der Waals surface area contributed by atoms with Gasteiger partial charge in [0.05, 0.1) is 5.56 Å². The van der Waals surface area contributed by atoms with Gasteiger partial charge < -0.3 is 10.6 Å². The standard InChI is InChI=1S/C14H20N2OS/c1-14(8-5-9-18-14)10-16-13(17)11-6-3-4-7-12(11)15-2/h3-4,6-7,15H,5,8-10H2,1-2H3,(H,16,17). The molecule has 98 valence electrons. The minimum atomic E-state index is 0.00803. The number of nitrogens with one attached hydrogen (secondary N) is 2. The van der Waals surface area contributed by atoms with Crippen molar-refractivity contribution in [3.8, 4) is 0 Å². The summed E-state index contributed by atoms with van der Waals surface area (Å²) in [5.41, 5.74) is 1.59. The number of rotatable bonds is 4. The third kappa shape index (κ3) is 2.99. The van der Waals surface area contributed by atoms with E-state index in [1.807, 2.05) is 43.1 Å². The SMILES string of the molecule is CNc1ccccc1C(=O)NCC1(C)CCCS1. The number of para-hydroxylation sites is 1. The Hall–Kier alpha value is -1.16. The molecule has 0 radical (unpaired) electrons. The number of anilines is 1. The van der Waals surface area contributed by atoms with Crippen molar-refractivity contribution in [2.45, 2.75) is 24.5 Å². The van der Waals surface area contributed by atoms with Crippen LogP contribution in [0.15, 0.2) is 24.3 Å². The zero-order valence-electron chi connectivity index (χ0n) is 11.0. The Labute approximate surface area is 113 Å². The lowest BCUT2D eigenvalue weighted by molar-refractivity contribution is 0.0951. The second-order valence-electron chi connectivity index (χ2n) is 4.88. The lowest BCUT2D eigenvalue weighted by Gasteiger charge is -2.23. The van der Waals surface area contributed by atoms with Crippen LogP contribution in [-0.4, -0.2) is 30.0 Å². The summed E-state index contributed by atoms with van der Waals surface area (Å²) in [6, 6.07) is 7.59. The zero-order chi connectivity index (χ0) is 13.0. The predicted octanol–water partition coefficient (Wildman–Crippen LogP) is 2.74. The summed E-state index contributed by atoms with van der Waals surface area (Å²) in [4.78, 5) is 12.2. The largest absolute Gasteiger partial charge is 0.387 e. The Balaban J connectivity index is 1.99. The molecule has 1 fully saturated rings. The van der Waals surface area contributed by atoms with Gasteiger partial charge >= 0.3 is 0 Å². The molecule has 1 amide bonds. The van der Waals surface area contributed by atoms with Gasteiger partial charge in [0, 0.05) is 24.0 Å². The van der Waals surface area contributed by atoms with Crippen LogP contribution in [0.1, 0.15) is 30.1 Å². The highest BCUT2D eigenvalue weighted by Gasteiger charge is 2.29. The number of carbonyl (C=O) groups is 1. The second kappa shape index (κ2) is 5.65. The molecule has 1 aromatic carbocycles. The Morgan fingerprint density at radius 3 is 2.89 bits per heavy atom. The van der Waals surface area contributed by atoms with E-state index < -0.39 is 0 Å². The molecule has 2 rings (SSSR count). The summed E-state index contributed by atoms with van der Waals surface area (Å²) in [5.74, 6) is 1.22. The van der Waals surface area contributed by atoms with E-state index in [4.69, 9.17) is 0 Å². The fourth-order valence-electron chi connectivity index (χ4n) is 2.24. The first-order valence-corrected chi connectivity index (χ1v) is 7.32. The van der Waals surface area contributed by atoms with Crippen molar-refractivity contribution in [3.05, 3.63) is 29.8 Å². The van der Waals surface area contributed by atoms with E-state index >= 15 is 0 Å². The predicted molar refractivity (Wildman–Crippen MR) is 78.4 cm³/mol. The van der Waals surface area contributed by atoms with Crippen LogP contribution in [0.2, 0.25) is 0 Å². The molecule has 1 atom stereocenters. The van der Waals surface area contributed by atoms with Crippen LogP contribution in [0.3, 0.4) is 0 Å². The highest BCUT2D eigenvalue weighted by Crippen LogP contribution is 2.37. The van der Waals surface area contributed by atoms with E-state index in [2.05, 4.69) is 17.6 Å². The molecule has 1 aliphatic heterocycles. The van der Waals surface area contributed by atoms with E-state index in [0.29, 0.717) is 5.56 Å². The maximum absolute atomic E-state index is 12.2. The molecule has 1 aromatic rings. The molecule has 0 aromatic heterocycles.